The van der Waals surface area contributed by atoms with Crippen LogP contribution >= 0.6 is 0 Å². The Morgan fingerprint density at radius 3 is 1.47 bits per heavy atom. The molecule has 6 atom stereocenters. The molecule has 0 bridgehead atoms. The van der Waals surface area contributed by atoms with Gasteiger partial charge in [-0.3, -0.25) is 14.1 Å². The molecular weight excluding hydrogens is 837 g/mol. The number of aliphatic hydroxyl groups is 3. The molecule has 64 heavy (non-hydrogen) atoms. The van der Waals surface area contributed by atoms with Crippen molar-refractivity contribution in [3.63, 3.8) is 0 Å². The Balaban J connectivity index is 2.44. The minimum atomic E-state index is -4.61. The molecule has 4 N–H and O–H groups in total. The third kappa shape index (κ3) is 34.7. The topological polar surface area (TPSA) is 186 Å². The monoisotopic (exact) mass is 925 g/mol. The van der Waals surface area contributed by atoms with E-state index in [9.17, 15) is 37.9 Å². The highest BCUT2D eigenvalue weighted by Crippen LogP contribution is 2.24. The molecule has 1 saturated heterocycles. The van der Waals surface area contributed by atoms with E-state index in [1.165, 1.54) is 96.3 Å². The van der Waals surface area contributed by atoms with E-state index in [2.05, 4.69) is 62.5 Å². The highest BCUT2D eigenvalue weighted by atomic mass is 32.2. The van der Waals surface area contributed by atoms with Crippen LogP contribution in [0.4, 0.5) is 0 Å². The smallest absolute Gasteiger partial charge is 0.306 e. The Hall–Kier alpha value is -2.65. The van der Waals surface area contributed by atoms with Gasteiger partial charge < -0.3 is 34.3 Å². The predicted octanol–water partition coefficient (Wildman–Crippen LogP) is 10.9. The Bertz CT molecular complexity index is 1410. The summed E-state index contributed by atoms with van der Waals surface area (Å²) in [6.07, 6.45) is 41.2. The lowest BCUT2D eigenvalue weighted by molar-refractivity contribution is -0.297. The normalized spacial score (nSPS) is 20.1. The van der Waals surface area contributed by atoms with Gasteiger partial charge in [0.15, 0.2) is 12.4 Å². The molecule has 12 nitrogen and oxygen atoms in total. The van der Waals surface area contributed by atoms with Crippen LogP contribution in [0, 0.1) is 0 Å². The van der Waals surface area contributed by atoms with Crippen LogP contribution in [-0.4, -0.2) is 96.0 Å². The quantitative estimate of drug-likeness (QED) is 0.0197. The summed E-state index contributed by atoms with van der Waals surface area (Å²) in [5, 5.41) is 30.9. The number of hydrogen-bond donors (Lipinski definition) is 4. The van der Waals surface area contributed by atoms with Crippen molar-refractivity contribution in [3.05, 3.63) is 60.8 Å². The fraction of sp³-hybridized carbons (Fsp3) is 0.765. The molecule has 370 valence electrons. The molecular formula is C51H88O12S. The molecule has 1 aliphatic heterocycles. The van der Waals surface area contributed by atoms with Crippen molar-refractivity contribution < 1.29 is 56.8 Å². The van der Waals surface area contributed by atoms with Gasteiger partial charge in [0.2, 0.25) is 0 Å². The van der Waals surface area contributed by atoms with Gasteiger partial charge in [-0.05, 0) is 77.0 Å². The first-order chi connectivity index (χ1) is 31.0. The lowest BCUT2D eigenvalue weighted by Crippen LogP contribution is -2.60. The standard InChI is InChI=1S/C51H88O12S/c1-3-5-7-9-11-13-15-17-19-21-22-24-25-27-29-31-33-35-37-39-46(52)60-41-44(42-61-51-50(56)49(55)48(54)45(63-51)43-64(57,58)59)62-47(53)40-38-36-34-32-30-28-26-23-20-18-16-14-12-10-8-6-4-2/h11,13,17-20,26,28,32,34,44-45,48-51,54-56H,3-10,12,14-16,21-25,27,29-31,33,35-43H2,1-2H3,(H,57,58,59)/b13-11+,19-17+,20-18+,28-26+,34-32+/t44-,45-,48-,49?,50?,51+/m1/s1. The van der Waals surface area contributed by atoms with Crippen molar-refractivity contribution in [2.45, 2.75) is 230 Å². The number of ether oxygens (including phenoxy) is 4. The summed E-state index contributed by atoms with van der Waals surface area (Å²) in [7, 11) is -4.61. The summed E-state index contributed by atoms with van der Waals surface area (Å²) in [4.78, 5) is 25.5. The summed E-state index contributed by atoms with van der Waals surface area (Å²) < 4.78 is 54.1. The molecule has 1 aliphatic rings. The van der Waals surface area contributed by atoms with Crippen LogP contribution in [0.25, 0.3) is 0 Å². The zero-order valence-electron chi connectivity index (χ0n) is 39.6. The molecule has 0 aromatic rings. The highest BCUT2D eigenvalue weighted by Gasteiger charge is 2.46. The Kier molecular flexibility index (Phi) is 37.7. The summed E-state index contributed by atoms with van der Waals surface area (Å²) in [5.41, 5.74) is 0. The lowest BCUT2D eigenvalue weighted by Gasteiger charge is -2.40. The zero-order chi connectivity index (χ0) is 46.9. The van der Waals surface area contributed by atoms with Crippen LogP contribution < -0.4 is 0 Å². The SMILES string of the molecule is CCCCC/C=C/C/C=C/CCCCCCCCCCCC(=O)OC[C@H](CO[C@H]1O[C@H](CS(=O)(=O)O)[C@@H](O)C(O)C1O)OC(=O)CCC/C=C/C/C=C/C/C=C/CCCCCCCC. The molecule has 1 rings (SSSR count). The van der Waals surface area contributed by atoms with Crippen LogP contribution in [-0.2, 0) is 38.7 Å². The number of unbranched alkanes of at least 4 members (excludes halogenated alkanes) is 19. The Morgan fingerprint density at radius 1 is 0.531 bits per heavy atom. The predicted molar refractivity (Wildman–Crippen MR) is 256 cm³/mol. The van der Waals surface area contributed by atoms with E-state index in [1.807, 2.05) is 12.2 Å². The zero-order valence-corrected chi connectivity index (χ0v) is 40.4. The van der Waals surface area contributed by atoms with E-state index in [0.29, 0.717) is 19.3 Å². The van der Waals surface area contributed by atoms with E-state index >= 15 is 0 Å². The first-order valence-electron chi connectivity index (χ1n) is 24.8. The minimum Gasteiger partial charge on any atom is -0.462 e. The van der Waals surface area contributed by atoms with Crippen molar-refractivity contribution in [1.82, 2.24) is 0 Å². The molecule has 0 radical (unpaired) electrons. The van der Waals surface area contributed by atoms with Gasteiger partial charge >= 0.3 is 11.9 Å². The van der Waals surface area contributed by atoms with E-state index < -0.39 is 71.2 Å². The third-order valence-corrected chi connectivity index (χ3v) is 11.8. The van der Waals surface area contributed by atoms with Crippen LogP contribution in [0.3, 0.4) is 0 Å². The average molecular weight is 925 g/mol. The van der Waals surface area contributed by atoms with Gasteiger partial charge in [-0.15, -0.1) is 0 Å². The fourth-order valence-corrected chi connectivity index (χ4v) is 7.88. The third-order valence-electron chi connectivity index (χ3n) is 11.1. The summed E-state index contributed by atoms with van der Waals surface area (Å²) in [6.45, 7) is 3.69. The van der Waals surface area contributed by atoms with Gasteiger partial charge in [0.1, 0.15) is 36.8 Å². The highest BCUT2D eigenvalue weighted by molar-refractivity contribution is 7.85. The summed E-state index contributed by atoms with van der Waals surface area (Å²) in [5.74, 6) is -2.06. The molecule has 0 aromatic carbocycles. The fourth-order valence-electron chi connectivity index (χ4n) is 7.19. The number of esters is 2. The van der Waals surface area contributed by atoms with Crippen LogP contribution in [0.5, 0.6) is 0 Å². The van der Waals surface area contributed by atoms with Crippen molar-refractivity contribution in [2.75, 3.05) is 19.0 Å². The minimum absolute atomic E-state index is 0.0899. The molecule has 0 aromatic heterocycles. The van der Waals surface area contributed by atoms with E-state index in [1.54, 1.807) is 0 Å². The second-order valence-electron chi connectivity index (χ2n) is 17.1. The maximum atomic E-state index is 12.8. The van der Waals surface area contributed by atoms with Crippen molar-refractivity contribution in [2.24, 2.45) is 0 Å². The first-order valence-corrected chi connectivity index (χ1v) is 26.5. The Morgan fingerprint density at radius 2 is 0.953 bits per heavy atom. The molecule has 1 fully saturated rings. The van der Waals surface area contributed by atoms with Gasteiger partial charge in [0.25, 0.3) is 10.1 Å². The maximum absolute atomic E-state index is 12.8. The van der Waals surface area contributed by atoms with Gasteiger partial charge in [0, 0.05) is 12.8 Å². The second kappa shape index (κ2) is 40.6. The molecule has 13 heteroatoms. The van der Waals surface area contributed by atoms with E-state index in [-0.39, 0.29) is 19.4 Å². The van der Waals surface area contributed by atoms with Gasteiger partial charge in [-0.25, -0.2) is 0 Å². The number of carbonyl (C=O) groups is 2. The van der Waals surface area contributed by atoms with Gasteiger partial charge in [-0.1, -0.05) is 164 Å². The number of hydrogen-bond acceptors (Lipinski definition) is 11. The van der Waals surface area contributed by atoms with Crippen molar-refractivity contribution >= 4 is 22.1 Å². The molecule has 0 saturated carbocycles. The van der Waals surface area contributed by atoms with Crippen LogP contribution in [0.15, 0.2) is 60.8 Å². The summed E-state index contributed by atoms with van der Waals surface area (Å²) in [6, 6.07) is 0. The molecule has 2 unspecified atom stereocenters. The molecule has 0 aliphatic carbocycles. The summed E-state index contributed by atoms with van der Waals surface area (Å²) >= 11 is 0. The molecule has 1 heterocycles. The lowest BCUT2D eigenvalue weighted by atomic mass is 10.00. The number of aliphatic hydroxyl groups excluding tert-OH is 3. The number of rotatable bonds is 41. The van der Waals surface area contributed by atoms with Crippen LogP contribution in [0.2, 0.25) is 0 Å². The van der Waals surface area contributed by atoms with Crippen molar-refractivity contribution in [3.8, 4) is 0 Å². The van der Waals surface area contributed by atoms with Gasteiger partial charge in [0.05, 0.1) is 6.61 Å². The number of allylic oxidation sites excluding steroid dienone is 10. The van der Waals surface area contributed by atoms with Crippen molar-refractivity contribution in [1.29, 1.82) is 0 Å². The van der Waals surface area contributed by atoms with E-state index in [0.717, 1.165) is 51.4 Å². The second-order valence-corrected chi connectivity index (χ2v) is 18.6. The van der Waals surface area contributed by atoms with E-state index in [4.69, 9.17) is 18.9 Å². The van der Waals surface area contributed by atoms with Crippen LogP contribution in [0.1, 0.15) is 194 Å². The average Bonchev–Trinajstić information content (AvgIpc) is 3.26. The molecule has 0 spiro atoms. The maximum Gasteiger partial charge on any atom is 0.306 e. The largest absolute Gasteiger partial charge is 0.462 e. The first kappa shape index (κ1) is 59.4. The molecule has 0 amide bonds. The Labute approximate surface area is 387 Å². The number of carbonyl (C=O) groups excluding carboxylic acids is 2. The van der Waals surface area contributed by atoms with Gasteiger partial charge in [-0.2, -0.15) is 8.42 Å².